The van der Waals surface area contributed by atoms with Crippen LogP contribution < -0.4 is 5.32 Å². The molecule has 0 aromatic heterocycles. The number of carbonyl (C=O) groups is 3. The summed E-state index contributed by atoms with van der Waals surface area (Å²) >= 11 is 0. The Morgan fingerprint density at radius 2 is 1.74 bits per heavy atom. The predicted molar refractivity (Wildman–Crippen MR) is 103 cm³/mol. The average Bonchev–Trinajstić information content (AvgIpc) is 3.01. The minimum Gasteiger partial charge on any atom is -0.322 e. The van der Waals surface area contributed by atoms with E-state index in [4.69, 9.17) is 0 Å². The number of fused-ring (bicyclic) bond motifs is 1. The summed E-state index contributed by atoms with van der Waals surface area (Å²) in [6.07, 6.45) is 2.89. The van der Waals surface area contributed by atoms with Crippen LogP contribution in [0.15, 0.2) is 18.2 Å². The van der Waals surface area contributed by atoms with E-state index in [1.807, 2.05) is 26.0 Å². The van der Waals surface area contributed by atoms with E-state index in [9.17, 15) is 14.4 Å². The Balaban J connectivity index is 0.00000102. The van der Waals surface area contributed by atoms with Crippen LogP contribution in [-0.2, 0) is 16.1 Å². The lowest BCUT2D eigenvalue weighted by atomic mass is 9.85. The molecule has 0 radical (unpaired) electrons. The Morgan fingerprint density at radius 1 is 1.04 bits per heavy atom. The van der Waals surface area contributed by atoms with Crippen molar-refractivity contribution < 1.29 is 14.4 Å². The molecule has 0 bridgehead atoms. The average molecular weight is 371 g/mol. The second kappa shape index (κ2) is 8.21. The first-order valence-corrected chi connectivity index (χ1v) is 9.99. The van der Waals surface area contributed by atoms with E-state index in [-0.39, 0.29) is 17.7 Å². The van der Waals surface area contributed by atoms with Crippen molar-refractivity contribution in [3.8, 4) is 0 Å². The maximum Gasteiger partial charge on any atom is 0.255 e. The fourth-order valence-electron chi connectivity index (χ4n) is 4.31. The van der Waals surface area contributed by atoms with Crippen molar-refractivity contribution in [2.24, 2.45) is 0 Å². The lowest BCUT2D eigenvalue weighted by Gasteiger charge is -2.31. The van der Waals surface area contributed by atoms with Gasteiger partial charge in [0.15, 0.2) is 0 Å². The molecule has 2 fully saturated rings. The summed E-state index contributed by atoms with van der Waals surface area (Å²) in [7, 11) is 2.14. The zero-order valence-corrected chi connectivity index (χ0v) is 16.5. The van der Waals surface area contributed by atoms with Gasteiger partial charge in [-0.25, -0.2) is 0 Å². The SMILES string of the molecule is CC.CN1CCC(c2cccc3c2CN(C2CCC(=O)NC2=O)C3=O)CC1. The lowest BCUT2D eigenvalue weighted by Crippen LogP contribution is -2.52. The summed E-state index contributed by atoms with van der Waals surface area (Å²) < 4.78 is 0. The maximum absolute atomic E-state index is 12.9. The number of imide groups is 1. The van der Waals surface area contributed by atoms with E-state index >= 15 is 0 Å². The number of hydrogen-bond donors (Lipinski definition) is 1. The number of nitrogens with zero attached hydrogens (tertiary/aromatic N) is 2. The van der Waals surface area contributed by atoms with Crippen LogP contribution in [0.1, 0.15) is 66.9 Å². The molecule has 3 heterocycles. The molecule has 3 aliphatic rings. The Labute approximate surface area is 160 Å². The first-order chi connectivity index (χ1) is 13.0. The highest BCUT2D eigenvalue weighted by molar-refractivity contribution is 6.05. The van der Waals surface area contributed by atoms with Gasteiger partial charge in [0.1, 0.15) is 6.04 Å². The minimum atomic E-state index is -0.539. The second-order valence-corrected chi connectivity index (χ2v) is 7.35. The van der Waals surface area contributed by atoms with E-state index < -0.39 is 6.04 Å². The van der Waals surface area contributed by atoms with E-state index in [2.05, 4.69) is 23.3 Å². The summed E-state index contributed by atoms with van der Waals surface area (Å²) in [5, 5.41) is 2.36. The van der Waals surface area contributed by atoms with E-state index in [1.54, 1.807) is 4.90 Å². The predicted octanol–water partition coefficient (Wildman–Crippen LogP) is 2.28. The fraction of sp³-hybridized carbons (Fsp3) is 0.571. The Kier molecular flexibility index (Phi) is 5.95. The third-order valence-corrected chi connectivity index (χ3v) is 5.78. The van der Waals surface area contributed by atoms with Gasteiger partial charge in [-0.05, 0) is 62.5 Å². The van der Waals surface area contributed by atoms with Gasteiger partial charge in [-0.15, -0.1) is 0 Å². The number of piperidine rings is 2. The van der Waals surface area contributed by atoms with Gasteiger partial charge in [-0.2, -0.15) is 0 Å². The molecule has 0 saturated carbocycles. The molecule has 6 heteroatoms. The molecule has 1 unspecified atom stereocenters. The highest BCUT2D eigenvalue weighted by Crippen LogP contribution is 2.36. The Hall–Kier alpha value is -2.21. The number of carbonyl (C=O) groups excluding carboxylic acids is 3. The zero-order chi connectivity index (χ0) is 19.6. The molecule has 1 atom stereocenters. The summed E-state index contributed by atoms with van der Waals surface area (Å²) in [5.74, 6) is -0.212. The van der Waals surface area contributed by atoms with Crippen LogP contribution in [0, 0.1) is 0 Å². The molecule has 27 heavy (non-hydrogen) atoms. The minimum absolute atomic E-state index is 0.0840. The van der Waals surface area contributed by atoms with Gasteiger partial charge in [-0.3, -0.25) is 19.7 Å². The normalized spacial score (nSPS) is 23.6. The van der Waals surface area contributed by atoms with Crippen molar-refractivity contribution in [2.75, 3.05) is 20.1 Å². The summed E-state index contributed by atoms with van der Waals surface area (Å²) in [6, 6.07) is 5.42. The number of amides is 3. The summed E-state index contributed by atoms with van der Waals surface area (Å²) in [5.41, 5.74) is 3.06. The monoisotopic (exact) mass is 371 g/mol. The quantitative estimate of drug-likeness (QED) is 0.810. The molecule has 0 aliphatic carbocycles. The number of hydrogen-bond acceptors (Lipinski definition) is 4. The van der Waals surface area contributed by atoms with Crippen molar-refractivity contribution in [1.29, 1.82) is 0 Å². The van der Waals surface area contributed by atoms with Crippen molar-refractivity contribution in [2.45, 2.75) is 58.0 Å². The van der Waals surface area contributed by atoms with Gasteiger partial charge < -0.3 is 9.80 Å². The first-order valence-electron chi connectivity index (χ1n) is 9.99. The molecule has 4 rings (SSSR count). The van der Waals surface area contributed by atoms with Crippen molar-refractivity contribution >= 4 is 17.7 Å². The molecule has 3 amide bonds. The van der Waals surface area contributed by atoms with Gasteiger partial charge in [0.2, 0.25) is 11.8 Å². The number of rotatable bonds is 2. The highest BCUT2D eigenvalue weighted by atomic mass is 16.2. The number of nitrogens with one attached hydrogen (secondary N) is 1. The van der Waals surface area contributed by atoms with E-state index in [0.29, 0.717) is 25.3 Å². The molecule has 146 valence electrons. The van der Waals surface area contributed by atoms with Gasteiger partial charge in [-0.1, -0.05) is 26.0 Å². The van der Waals surface area contributed by atoms with Crippen molar-refractivity contribution in [1.82, 2.24) is 15.1 Å². The highest BCUT2D eigenvalue weighted by Gasteiger charge is 2.40. The van der Waals surface area contributed by atoms with Crippen LogP contribution >= 0.6 is 0 Å². The van der Waals surface area contributed by atoms with Gasteiger partial charge in [0, 0.05) is 18.5 Å². The largest absolute Gasteiger partial charge is 0.322 e. The van der Waals surface area contributed by atoms with Crippen LogP contribution in [0.5, 0.6) is 0 Å². The summed E-state index contributed by atoms with van der Waals surface area (Å²) in [6.45, 7) is 6.61. The molecular weight excluding hydrogens is 342 g/mol. The van der Waals surface area contributed by atoms with Crippen LogP contribution in [0.4, 0.5) is 0 Å². The lowest BCUT2D eigenvalue weighted by molar-refractivity contribution is -0.136. The Morgan fingerprint density at radius 3 is 2.41 bits per heavy atom. The van der Waals surface area contributed by atoms with Crippen molar-refractivity contribution in [3.05, 3.63) is 34.9 Å². The van der Waals surface area contributed by atoms with Gasteiger partial charge >= 0.3 is 0 Å². The van der Waals surface area contributed by atoms with Crippen LogP contribution in [0.3, 0.4) is 0 Å². The third kappa shape index (κ3) is 3.76. The van der Waals surface area contributed by atoms with Crippen LogP contribution in [0.25, 0.3) is 0 Å². The third-order valence-electron chi connectivity index (χ3n) is 5.78. The van der Waals surface area contributed by atoms with E-state index in [0.717, 1.165) is 37.1 Å². The maximum atomic E-state index is 12.9. The number of likely N-dealkylation sites (tertiary alicyclic amines) is 1. The molecule has 2 saturated heterocycles. The van der Waals surface area contributed by atoms with Crippen LogP contribution in [0.2, 0.25) is 0 Å². The van der Waals surface area contributed by atoms with Gasteiger partial charge in [0.25, 0.3) is 5.91 Å². The summed E-state index contributed by atoms with van der Waals surface area (Å²) in [4.78, 5) is 40.4. The van der Waals surface area contributed by atoms with Crippen molar-refractivity contribution in [3.63, 3.8) is 0 Å². The molecule has 1 aromatic rings. The molecule has 1 N–H and O–H groups in total. The molecule has 6 nitrogen and oxygen atoms in total. The molecule has 0 spiro atoms. The topological polar surface area (TPSA) is 69.7 Å². The van der Waals surface area contributed by atoms with E-state index in [1.165, 1.54) is 5.56 Å². The fourth-order valence-corrected chi connectivity index (χ4v) is 4.31. The molecular formula is C21H29N3O3. The zero-order valence-electron chi connectivity index (χ0n) is 16.5. The number of benzene rings is 1. The standard InChI is InChI=1S/C19H23N3O3.C2H6/c1-21-9-7-12(8-10-21)13-3-2-4-14-15(13)11-22(19(14)25)16-5-6-17(23)20-18(16)24;1-2/h2-4,12,16H,5-11H2,1H3,(H,20,23,24);1-2H3. The van der Waals surface area contributed by atoms with Gasteiger partial charge in [0.05, 0.1) is 0 Å². The molecule has 1 aromatic carbocycles. The molecule has 3 aliphatic heterocycles. The Bertz CT molecular complexity index is 738. The van der Waals surface area contributed by atoms with Crippen LogP contribution in [-0.4, -0.2) is 53.7 Å². The smallest absolute Gasteiger partial charge is 0.255 e. The second-order valence-electron chi connectivity index (χ2n) is 7.35. The first kappa shape index (κ1) is 19.5.